The number of ether oxygens (including phenoxy) is 1. The number of nitrogens with zero attached hydrogens (tertiary/aromatic N) is 3. The van der Waals surface area contributed by atoms with Crippen LogP contribution in [0.3, 0.4) is 0 Å². The highest BCUT2D eigenvalue weighted by Gasteiger charge is 2.22. The van der Waals surface area contributed by atoms with E-state index < -0.39 is 0 Å². The molecule has 1 aromatic carbocycles. The number of hydrogen-bond donors (Lipinski definition) is 1. The maximum Gasteiger partial charge on any atom is 0.260 e. The fourth-order valence-corrected chi connectivity index (χ4v) is 3.64. The molecule has 1 amide bonds. The van der Waals surface area contributed by atoms with Crippen molar-refractivity contribution >= 4 is 28.3 Å². The van der Waals surface area contributed by atoms with Gasteiger partial charge in [-0.1, -0.05) is 19.9 Å². The van der Waals surface area contributed by atoms with Gasteiger partial charge in [0.25, 0.3) is 5.91 Å². The molecular weight excluding hydrogens is 356 g/mol. The van der Waals surface area contributed by atoms with Crippen LogP contribution in [-0.2, 0) is 11.8 Å². The number of hydrogen-bond acceptors (Lipinski definition) is 5. The van der Waals surface area contributed by atoms with Gasteiger partial charge in [-0.25, -0.2) is 0 Å². The lowest BCUT2D eigenvalue weighted by atomic mass is 10.1. The smallest absolute Gasteiger partial charge is 0.260 e. The molecule has 7 heteroatoms. The molecule has 0 unspecified atom stereocenters. The predicted molar refractivity (Wildman–Crippen MR) is 109 cm³/mol. The summed E-state index contributed by atoms with van der Waals surface area (Å²) in [4.78, 5) is 15.2. The summed E-state index contributed by atoms with van der Waals surface area (Å²) < 4.78 is 13.0. The average Bonchev–Trinajstić information content (AvgIpc) is 3.23. The highest BCUT2D eigenvalue weighted by molar-refractivity contribution is 6.11. The van der Waals surface area contributed by atoms with Gasteiger partial charge in [-0.3, -0.25) is 9.48 Å². The number of nitrogens with one attached hydrogen (secondary N) is 1. The summed E-state index contributed by atoms with van der Waals surface area (Å²) in [6.45, 7) is 8.94. The van der Waals surface area contributed by atoms with E-state index >= 15 is 0 Å². The molecule has 0 saturated carbocycles. The number of aryl methyl sites for hydroxylation is 2. The maximum absolute atomic E-state index is 13.0. The molecule has 3 heterocycles. The van der Waals surface area contributed by atoms with Crippen LogP contribution in [0.25, 0.3) is 10.9 Å². The van der Waals surface area contributed by atoms with Gasteiger partial charge in [0.2, 0.25) is 0 Å². The zero-order valence-corrected chi connectivity index (χ0v) is 16.8. The molecule has 1 fully saturated rings. The van der Waals surface area contributed by atoms with Gasteiger partial charge in [0, 0.05) is 26.1 Å². The Morgan fingerprint density at radius 1 is 1.25 bits per heavy atom. The molecule has 1 N–H and O–H groups in total. The molecule has 28 heavy (non-hydrogen) atoms. The molecule has 4 rings (SSSR count). The van der Waals surface area contributed by atoms with Crippen LogP contribution in [0.5, 0.6) is 0 Å². The standard InChI is InChI=1S/C21H26N4O3/c1-13(2)18-12-15(14(3)28-18)21(26)22-20-19-16(24(4)23-20)6-5-7-17(19)25-8-10-27-11-9-25/h5-7,12-13H,8-11H2,1-4H3,(H,22,23,26). The number of amides is 1. The molecule has 0 aliphatic carbocycles. The van der Waals surface area contributed by atoms with E-state index in [4.69, 9.17) is 9.15 Å². The third-order valence-electron chi connectivity index (χ3n) is 5.19. The van der Waals surface area contributed by atoms with Gasteiger partial charge in [-0.15, -0.1) is 0 Å². The summed E-state index contributed by atoms with van der Waals surface area (Å²) in [5.41, 5.74) is 2.59. The summed E-state index contributed by atoms with van der Waals surface area (Å²) in [5.74, 6) is 2.02. The van der Waals surface area contributed by atoms with E-state index in [1.165, 1.54) is 0 Å². The van der Waals surface area contributed by atoms with Crippen LogP contribution in [0.4, 0.5) is 11.5 Å². The van der Waals surface area contributed by atoms with E-state index in [1.54, 1.807) is 4.68 Å². The van der Waals surface area contributed by atoms with Crippen molar-refractivity contribution < 1.29 is 13.9 Å². The van der Waals surface area contributed by atoms with Crippen LogP contribution in [0.2, 0.25) is 0 Å². The molecule has 7 nitrogen and oxygen atoms in total. The number of fused-ring (bicyclic) bond motifs is 1. The first-order valence-corrected chi connectivity index (χ1v) is 9.65. The molecule has 148 valence electrons. The molecule has 2 aromatic heterocycles. The number of anilines is 2. The van der Waals surface area contributed by atoms with E-state index in [0.717, 1.165) is 35.4 Å². The normalized spacial score (nSPS) is 14.8. The number of furan rings is 1. The van der Waals surface area contributed by atoms with Gasteiger partial charge >= 0.3 is 0 Å². The zero-order chi connectivity index (χ0) is 19.8. The van der Waals surface area contributed by atoms with Crippen LogP contribution in [0.15, 0.2) is 28.7 Å². The van der Waals surface area contributed by atoms with Crippen molar-refractivity contribution in [3.05, 3.63) is 41.3 Å². The van der Waals surface area contributed by atoms with Crippen LogP contribution in [-0.4, -0.2) is 42.0 Å². The van der Waals surface area contributed by atoms with Crippen molar-refractivity contribution in [2.75, 3.05) is 36.5 Å². The Morgan fingerprint density at radius 3 is 2.68 bits per heavy atom. The van der Waals surface area contributed by atoms with Crippen molar-refractivity contribution in [3.63, 3.8) is 0 Å². The number of morpholine rings is 1. The first kappa shape index (κ1) is 18.6. The lowest BCUT2D eigenvalue weighted by Crippen LogP contribution is -2.36. The summed E-state index contributed by atoms with van der Waals surface area (Å²) in [7, 11) is 1.89. The second-order valence-electron chi connectivity index (χ2n) is 7.47. The second-order valence-corrected chi connectivity index (χ2v) is 7.47. The van der Waals surface area contributed by atoms with Crippen molar-refractivity contribution in [3.8, 4) is 0 Å². The van der Waals surface area contributed by atoms with E-state index in [0.29, 0.717) is 30.4 Å². The lowest BCUT2D eigenvalue weighted by molar-refractivity contribution is 0.102. The van der Waals surface area contributed by atoms with E-state index in [9.17, 15) is 4.79 Å². The van der Waals surface area contributed by atoms with Crippen LogP contribution < -0.4 is 10.2 Å². The SMILES string of the molecule is Cc1oc(C(C)C)cc1C(=O)Nc1nn(C)c2cccc(N3CCOCC3)c12. The Kier molecular flexibility index (Phi) is 4.85. The van der Waals surface area contributed by atoms with Gasteiger partial charge in [-0.2, -0.15) is 5.10 Å². The summed E-state index contributed by atoms with van der Waals surface area (Å²) in [5, 5.41) is 8.53. The molecule has 0 spiro atoms. The third kappa shape index (κ3) is 3.26. The molecule has 1 aliphatic heterocycles. The van der Waals surface area contributed by atoms with Crippen molar-refractivity contribution in [2.45, 2.75) is 26.7 Å². The van der Waals surface area contributed by atoms with Crippen molar-refractivity contribution in [1.29, 1.82) is 0 Å². The Balaban J connectivity index is 1.71. The highest BCUT2D eigenvalue weighted by Crippen LogP contribution is 2.33. The fraction of sp³-hybridized carbons (Fsp3) is 0.429. The predicted octanol–water partition coefficient (Wildman–Crippen LogP) is 3.69. The van der Waals surface area contributed by atoms with E-state index in [1.807, 2.05) is 46.0 Å². The number of benzene rings is 1. The molecule has 0 bridgehead atoms. The lowest BCUT2D eigenvalue weighted by Gasteiger charge is -2.29. The molecule has 1 saturated heterocycles. The quantitative estimate of drug-likeness (QED) is 0.745. The minimum Gasteiger partial charge on any atom is -0.465 e. The van der Waals surface area contributed by atoms with Crippen LogP contribution >= 0.6 is 0 Å². The minimum absolute atomic E-state index is 0.204. The van der Waals surface area contributed by atoms with Crippen LogP contribution in [0, 0.1) is 6.92 Å². The van der Waals surface area contributed by atoms with Gasteiger partial charge < -0.3 is 19.4 Å². The number of aromatic nitrogens is 2. The first-order chi connectivity index (χ1) is 13.5. The highest BCUT2D eigenvalue weighted by atomic mass is 16.5. The fourth-order valence-electron chi connectivity index (χ4n) is 3.64. The van der Waals surface area contributed by atoms with Crippen molar-refractivity contribution in [1.82, 2.24) is 9.78 Å². The summed E-state index contributed by atoms with van der Waals surface area (Å²) in [6.07, 6.45) is 0. The third-order valence-corrected chi connectivity index (χ3v) is 5.19. The molecule has 0 atom stereocenters. The van der Waals surface area contributed by atoms with Gasteiger partial charge in [0.15, 0.2) is 5.82 Å². The monoisotopic (exact) mass is 382 g/mol. The molecule has 0 radical (unpaired) electrons. The van der Waals surface area contributed by atoms with Gasteiger partial charge in [0.05, 0.1) is 35.4 Å². The Morgan fingerprint density at radius 2 is 2.00 bits per heavy atom. The average molecular weight is 382 g/mol. The van der Waals surface area contributed by atoms with E-state index in [2.05, 4.69) is 21.4 Å². The minimum atomic E-state index is -0.204. The Bertz CT molecular complexity index is 1010. The van der Waals surface area contributed by atoms with Gasteiger partial charge in [-0.05, 0) is 25.1 Å². The largest absolute Gasteiger partial charge is 0.465 e. The van der Waals surface area contributed by atoms with Crippen molar-refractivity contribution in [2.24, 2.45) is 7.05 Å². The van der Waals surface area contributed by atoms with E-state index in [-0.39, 0.29) is 11.8 Å². The second kappa shape index (κ2) is 7.31. The topological polar surface area (TPSA) is 72.5 Å². The summed E-state index contributed by atoms with van der Waals surface area (Å²) >= 11 is 0. The number of carbonyl (C=O) groups excluding carboxylic acids is 1. The number of carbonyl (C=O) groups is 1. The van der Waals surface area contributed by atoms with Crippen LogP contribution in [0.1, 0.15) is 41.6 Å². The molecule has 1 aliphatic rings. The van der Waals surface area contributed by atoms with Gasteiger partial charge in [0.1, 0.15) is 11.5 Å². The number of rotatable bonds is 4. The summed E-state index contributed by atoms with van der Waals surface area (Å²) in [6, 6.07) is 7.94. The first-order valence-electron chi connectivity index (χ1n) is 9.65. The maximum atomic E-state index is 13.0. The molecule has 3 aromatic rings. The Labute approximate surface area is 164 Å². The molecular formula is C21H26N4O3. The Hall–Kier alpha value is -2.80. The zero-order valence-electron chi connectivity index (χ0n) is 16.8.